The fraction of sp³-hybridized carbons (Fsp3) is 0.364. The van der Waals surface area contributed by atoms with Crippen molar-refractivity contribution in [3.05, 3.63) is 29.4 Å². The predicted molar refractivity (Wildman–Crippen MR) is 62.4 cm³/mol. The minimum absolute atomic E-state index is 0.696. The van der Waals surface area contributed by atoms with E-state index in [-0.39, 0.29) is 0 Å². The summed E-state index contributed by atoms with van der Waals surface area (Å²) >= 11 is 6.08. The minimum Gasteiger partial charge on any atom is -0.378 e. The van der Waals surface area contributed by atoms with Crippen LogP contribution in [0.1, 0.15) is 5.56 Å². The first kappa shape index (κ1) is 10.5. The Morgan fingerprint density at radius 3 is 2.80 bits per heavy atom. The molecule has 2 rings (SSSR count). The van der Waals surface area contributed by atoms with Gasteiger partial charge in [-0.1, -0.05) is 24.3 Å². The van der Waals surface area contributed by atoms with Gasteiger partial charge in [0, 0.05) is 24.8 Å². The molecule has 1 fully saturated rings. The molecule has 4 heteroatoms. The zero-order chi connectivity index (χ0) is 10.7. The van der Waals surface area contributed by atoms with Crippen molar-refractivity contribution in [3.63, 3.8) is 0 Å². The summed E-state index contributed by atoms with van der Waals surface area (Å²) in [5.74, 6) is 0.911. The molecular formula is C11H13ClN2O. The maximum atomic E-state index is 6.08. The number of pyridine rings is 1. The highest BCUT2D eigenvalue weighted by atomic mass is 35.5. The van der Waals surface area contributed by atoms with E-state index in [1.165, 1.54) is 0 Å². The highest BCUT2D eigenvalue weighted by Crippen LogP contribution is 2.22. The number of ether oxygens (including phenoxy) is 1. The number of morpholine rings is 1. The number of rotatable bonds is 2. The third kappa shape index (κ3) is 2.30. The summed E-state index contributed by atoms with van der Waals surface area (Å²) in [5, 5.41) is 0.696. The molecule has 0 bridgehead atoms. The zero-order valence-electron chi connectivity index (χ0n) is 8.45. The van der Waals surface area contributed by atoms with E-state index in [1.54, 1.807) is 12.3 Å². The highest BCUT2D eigenvalue weighted by Gasteiger charge is 2.12. The van der Waals surface area contributed by atoms with E-state index in [9.17, 15) is 0 Å². The molecule has 0 N–H and O–H groups in total. The monoisotopic (exact) mass is 224 g/mol. The minimum atomic E-state index is 0.696. The van der Waals surface area contributed by atoms with Crippen molar-refractivity contribution in [3.8, 4) is 0 Å². The van der Waals surface area contributed by atoms with Crippen LogP contribution in [0.3, 0.4) is 0 Å². The van der Waals surface area contributed by atoms with Crippen LogP contribution in [0.5, 0.6) is 0 Å². The Morgan fingerprint density at radius 2 is 2.20 bits per heavy atom. The average Bonchev–Trinajstić information content (AvgIpc) is 2.30. The van der Waals surface area contributed by atoms with Gasteiger partial charge in [-0.2, -0.15) is 0 Å². The quantitative estimate of drug-likeness (QED) is 0.770. The number of aromatic nitrogens is 1. The Balaban J connectivity index is 2.21. The molecular weight excluding hydrogens is 212 g/mol. The van der Waals surface area contributed by atoms with Crippen LogP contribution in [-0.4, -0.2) is 31.3 Å². The molecule has 0 unspecified atom stereocenters. The third-order valence-corrected chi connectivity index (χ3v) is 2.75. The standard InChI is InChI=1S/C11H13ClN2O/c1-2-9-8-13-11(7-10(9)12)14-3-5-15-6-4-14/h2,7-8H,1,3-6H2. The molecule has 0 aliphatic carbocycles. The lowest BCUT2D eigenvalue weighted by Crippen LogP contribution is -2.36. The topological polar surface area (TPSA) is 25.4 Å². The van der Waals surface area contributed by atoms with Crippen LogP contribution < -0.4 is 4.90 Å². The maximum Gasteiger partial charge on any atom is 0.130 e. The Labute approximate surface area is 94.3 Å². The lowest BCUT2D eigenvalue weighted by Gasteiger charge is -2.27. The predicted octanol–water partition coefficient (Wildman–Crippen LogP) is 2.21. The van der Waals surface area contributed by atoms with Gasteiger partial charge in [-0.05, 0) is 6.07 Å². The molecule has 0 atom stereocenters. The number of hydrogen-bond donors (Lipinski definition) is 0. The van der Waals surface area contributed by atoms with Crippen molar-refractivity contribution in [2.24, 2.45) is 0 Å². The van der Waals surface area contributed by atoms with Crippen molar-refractivity contribution < 1.29 is 4.74 Å². The fourth-order valence-electron chi connectivity index (χ4n) is 1.55. The molecule has 1 aromatic rings. The Hall–Kier alpha value is -1.06. The summed E-state index contributed by atoms with van der Waals surface area (Å²) < 4.78 is 5.28. The molecule has 2 heterocycles. The van der Waals surface area contributed by atoms with Gasteiger partial charge in [0.25, 0.3) is 0 Å². The van der Waals surface area contributed by atoms with Crippen LogP contribution in [0.25, 0.3) is 6.08 Å². The van der Waals surface area contributed by atoms with Crippen molar-refractivity contribution in [2.45, 2.75) is 0 Å². The van der Waals surface area contributed by atoms with Crippen LogP contribution in [0.4, 0.5) is 5.82 Å². The fourth-order valence-corrected chi connectivity index (χ4v) is 1.77. The van der Waals surface area contributed by atoms with E-state index in [2.05, 4.69) is 16.5 Å². The van der Waals surface area contributed by atoms with E-state index in [4.69, 9.17) is 16.3 Å². The molecule has 1 aliphatic rings. The van der Waals surface area contributed by atoms with E-state index in [0.29, 0.717) is 5.02 Å². The van der Waals surface area contributed by atoms with Crippen LogP contribution in [0.15, 0.2) is 18.8 Å². The summed E-state index contributed by atoms with van der Waals surface area (Å²) in [5.41, 5.74) is 0.869. The van der Waals surface area contributed by atoms with Gasteiger partial charge in [0.2, 0.25) is 0 Å². The lowest BCUT2D eigenvalue weighted by molar-refractivity contribution is 0.122. The van der Waals surface area contributed by atoms with Crippen molar-refractivity contribution in [1.82, 2.24) is 4.98 Å². The first-order valence-corrected chi connectivity index (χ1v) is 5.30. The smallest absolute Gasteiger partial charge is 0.130 e. The molecule has 0 radical (unpaired) electrons. The van der Waals surface area contributed by atoms with E-state index >= 15 is 0 Å². The molecule has 0 saturated carbocycles. The lowest BCUT2D eigenvalue weighted by atomic mass is 10.2. The van der Waals surface area contributed by atoms with Gasteiger partial charge in [-0.25, -0.2) is 4.98 Å². The molecule has 1 saturated heterocycles. The summed E-state index contributed by atoms with van der Waals surface area (Å²) in [4.78, 5) is 6.52. The first-order valence-electron chi connectivity index (χ1n) is 4.92. The van der Waals surface area contributed by atoms with Crippen LogP contribution in [0, 0.1) is 0 Å². The second-order valence-electron chi connectivity index (χ2n) is 3.37. The zero-order valence-corrected chi connectivity index (χ0v) is 9.20. The normalized spacial score (nSPS) is 16.5. The highest BCUT2D eigenvalue weighted by molar-refractivity contribution is 6.32. The Morgan fingerprint density at radius 1 is 1.47 bits per heavy atom. The molecule has 0 spiro atoms. The van der Waals surface area contributed by atoms with Gasteiger partial charge in [-0.3, -0.25) is 0 Å². The van der Waals surface area contributed by atoms with Gasteiger partial charge < -0.3 is 9.64 Å². The third-order valence-electron chi connectivity index (χ3n) is 2.42. The molecule has 0 aromatic carbocycles. The maximum absolute atomic E-state index is 6.08. The largest absolute Gasteiger partial charge is 0.378 e. The van der Waals surface area contributed by atoms with Gasteiger partial charge in [0.15, 0.2) is 0 Å². The second kappa shape index (κ2) is 4.64. The SMILES string of the molecule is C=Cc1cnc(N2CCOCC2)cc1Cl. The van der Waals surface area contributed by atoms with Gasteiger partial charge in [-0.15, -0.1) is 0 Å². The summed E-state index contributed by atoms with van der Waals surface area (Å²) in [6.45, 7) is 6.92. The summed E-state index contributed by atoms with van der Waals surface area (Å²) in [7, 11) is 0. The number of halogens is 1. The summed E-state index contributed by atoms with van der Waals surface area (Å²) in [6.07, 6.45) is 3.46. The summed E-state index contributed by atoms with van der Waals surface area (Å²) in [6, 6.07) is 1.88. The van der Waals surface area contributed by atoms with Gasteiger partial charge in [0.05, 0.1) is 18.2 Å². The van der Waals surface area contributed by atoms with Crippen LogP contribution >= 0.6 is 11.6 Å². The van der Waals surface area contributed by atoms with E-state index in [0.717, 1.165) is 37.7 Å². The average molecular weight is 225 g/mol. The van der Waals surface area contributed by atoms with Gasteiger partial charge >= 0.3 is 0 Å². The Kier molecular flexibility index (Phi) is 3.23. The molecule has 15 heavy (non-hydrogen) atoms. The number of anilines is 1. The van der Waals surface area contributed by atoms with Crippen LogP contribution in [-0.2, 0) is 4.74 Å². The second-order valence-corrected chi connectivity index (χ2v) is 3.77. The molecule has 0 amide bonds. The van der Waals surface area contributed by atoms with E-state index < -0.39 is 0 Å². The van der Waals surface area contributed by atoms with Gasteiger partial charge in [0.1, 0.15) is 5.82 Å². The number of nitrogens with zero attached hydrogens (tertiary/aromatic N) is 2. The first-order chi connectivity index (χ1) is 7.31. The molecule has 1 aliphatic heterocycles. The Bertz CT molecular complexity index is 362. The molecule has 1 aromatic heterocycles. The van der Waals surface area contributed by atoms with Crippen molar-refractivity contribution >= 4 is 23.5 Å². The van der Waals surface area contributed by atoms with Crippen molar-refractivity contribution in [1.29, 1.82) is 0 Å². The van der Waals surface area contributed by atoms with Crippen molar-refractivity contribution in [2.75, 3.05) is 31.2 Å². The number of hydrogen-bond acceptors (Lipinski definition) is 3. The van der Waals surface area contributed by atoms with E-state index in [1.807, 2.05) is 6.07 Å². The molecule has 3 nitrogen and oxygen atoms in total. The molecule has 80 valence electrons. The van der Waals surface area contributed by atoms with Crippen LogP contribution in [0.2, 0.25) is 5.02 Å².